The van der Waals surface area contributed by atoms with E-state index in [1.54, 1.807) is 43.3 Å². The van der Waals surface area contributed by atoms with Crippen LogP contribution in [-0.4, -0.2) is 18.5 Å². The summed E-state index contributed by atoms with van der Waals surface area (Å²) in [6, 6.07) is 15.4. The quantitative estimate of drug-likeness (QED) is 0.180. The van der Waals surface area contributed by atoms with Gasteiger partial charge in [-0.05, 0) is 61.7 Å². The fraction of sp³-hybridized carbons (Fsp3) is 0.233. The van der Waals surface area contributed by atoms with Gasteiger partial charge in [0, 0.05) is 22.4 Å². The van der Waals surface area contributed by atoms with E-state index < -0.39 is 35.4 Å². The number of amides is 1. The van der Waals surface area contributed by atoms with Crippen molar-refractivity contribution in [3.05, 3.63) is 98.4 Å². The van der Waals surface area contributed by atoms with Crippen LogP contribution in [0, 0.1) is 6.92 Å². The number of alkyl halides is 3. The number of nitrogens with one attached hydrogen (secondary N) is 1. The minimum Gasteiger partial charge on any atom is -0.466 e. The third kappa shape index (κ3) is 6.71. The van der Waals surface area contributed by atoms with Crippen molar-refractivity contribution in [2.45, 2.75) is 39.3 Å². The fourth-order valence-electron chi connectivity index (χ4n) is 4.42. The summed E-state index contributed by atoms with van der Waals surface area (Å²) < 4.78 is 51.2. The molecule has 0 atom stereocenters. The van der Waals surface area contributed by atoms with Gasteiger partial charge in [0.25, 0.3) is 0 Å². The molecular formula is C30H25ClF3NO5. The van der Waals surface area contributed by atoms with Gasteiger partial charge in [-0.1, -0.05) is 47.5 Å². The standard InChI is InChI=1S/C30H25ClF3NO5/c1-3-39-27(37)12-8-18-5-4-6-19(14-18)28-21-13-17(2)7-11-25(21)40-29(38)22(28)16-26(36)35-24-10-9-20(31)15-23(24)30(32,33)34/h4-7,9-11,13-15H,3,8,12,16H2,1-2H3,(H,35,36). The maximum Gasteiger partial charge on any atom is 0.418 e. The molecule has 0 saturated heterocycles. The zero-order valence-corrected chi connectivity index (χ0v) is 22.4. The normalized spacial score (nSPS) is 11.4. The van der Waals surface area contributed by atoms with Crippen molar-refractivity contribution in [2.24, 2.45) is 0 Å². The molecule has 1 aromatic heterocycles. The highest BCUT2D eigenvalue weighted by Gasteiger charge is 2.34. The van der Waals surface area contributed by atoms with Gasteiger partial charge < -0.3 is 14.5 Å². The van der Waals surface area contributed by atoms with E-state index in [9.17, 15) is 27.6 Å². The summed E-state index contributed by atoms with van der Waals surface area (Å²) in [7, 11) is 0. The smallest absolute Gasteiger partial charge is 0.418 e. The summed E-state index contributed by atoms with van der Waals surface area (Å²) in [6.07, 6.45) is -4.76. The SMILES string of the molecule is CCOC(=O)CCc1cccc(-c2c(CC(=O)Nc3ccc(Cl)cc3C(F)(F)F)c(=O)oc3ccc(C)cc23)c1. The van der Waals surface area contributed by atoms with Gasteiger partial charge in [-0.15, -0.1) is 0 Å². The number of aryl methyl sites for hydroxylation is 2. The third-order valence-electron chi connectivity index (χ3n) is 6.19. The van der Waals surface area contributed by atoms with E-state index in [0.29, 0.717) is 28.5 Å². The first-order valence-electron chi connectivity index (χ1n) is 12.4. The van der Waals surface area contributed by atoms with Gasteiger partial charge in [0.2, 0.25) is 5.91 Å². The molecule has 0 bridgehead atoms. The summed E-state index contributed by atoms with van der Waals surface area (Å²) in [5, 5.41) is 2.69. The average molecular weight is 572 g/mol. The Bertz CT molecular complexity index is 1650. The molecule has 208 valence electrons. The number of carbonyl (C=O) groups is 2. The highest BCUT2D eigenvalue weighted by molar-refractivity contribution is 6.30. The second kappa shape index (κ2) is 12.0. The Morgan fingerprint density at radius 2 is 1.82 bits per heavy atom. The molecule has 0 fully saturated rings. The van der Waals surface area contributed by atoms with Crippen LogP contribution in [0.4, 0.5) is 18.9 Å². The summed E-state index contributed by atoms with van der Waals surface area (Å²) in [5.74, 6) is -1.18. The van der Waals surface area contributed by atoms with E-state index in [0.717, 1.165) is 23.3 Å². The third-order valence-corrected chi connectivity index (χ3v) is 6.43. The lowest BCUT2D eigenvalue weighted by Gasteiger charge is -2.16. The Balaban J connectivity index is 1.76. The number of esters is 1. The average Bonchev–Trinajstić information content (AvgIpc) is 2.89. The molecular weight excluding hydrogens is 547 g/mol. The van der Waals surface area contributed by atoms with Gasteiger partial charge >= 0.3 is 17.8 Å². The fourth-order valence-corrected chi connectivity index (χ4v) is 4.59. The van der Waals surface area contributed by atoms with Crippen LogP contribution in [0.5, 0.6) is 0 Å². The molecule has 0 unspecified atom stereocenters. The van der Waals surface area contributed by atoms with Crippen molar-refractivity contribution >= 4 is 40.1 Å². The van der Waals surface area contributed by atoms with Crippen LogP contribution in [0.1, 0.15) is 35.6 Å². The Labute approximate surface area is 232 Å². The van der Waals surface area contributed by atoms with Gasteiger partial charge in [0.15, 0.2) is 0 Å². The monoisotopic (exact) mass is 571 g/mol. The first-order valence-corrected chi connectivity index (χ1v) is 12.8. The second-order valence-electron chi connectivity index (χ2n) is 9.16. The van der Waals surface area contributed by atoms with Gasteiger partial charge in [0.1, 0.15) is 5.58 Å². The van der Waals surface area contributed by atoms with Crippen LogP contribution < -0.4 is 10.9 Å². The molecule has 4 rings (SSSR count). The van der Waals surface area contributed by atoms with Crippen molar-refractivity contribution < 1.29 is 31.9 Å². The molecule has 6 nitrogen and oxygen atoms in total. The molecule has 1 amide bonds. The van der Waals surface area contributed by atoms with Crippen LogP contribution in [0.25, 0.3) is 22.1 Å². The largest absolute Gasteiger partial charge is 0.466 e. The van der Waals surface area contributed by atoms with Crippen LogP contribution in [0.15, 0.2) is 69.9 Å². The number of carbonyl (C=O) groups excluding carboxylic acids is 2. The van der Waals surface area contributed by atoms with Crippen LogP contribution >= 0.6 is 11.6 Å². The number of ether oxygens (including phenoxy) is 1. The molecule has 40 heavy (non-hydrogen) atoms. The minimum atomic E-state index is -4.76. The summed E-state index contributed by atoms with van der Waals surface area (Å²) in [6.45, 7) is 3.85. The zero-order chi connectivity index (χ0) is 29.0. The predicted octanol–water partition coefficient (Wildman–Crippen LogP) is 7.12. The van der Waals surface area contributed by atoms with Crippen molar-refractivity contribution in [2.75, 3.05) is 11.9 Å². The van der Waals surface area contributed by atoms with Crippen LogP contribution in [-0.2, 0) is 33.3 Å². The Morgan fingerprint density at radius 3 is 2.55 bits per heavy atom. The van der Waals surface area contributed by atoms with Gasteiger partial charge in [-0.2, -0.15) is 13.2 Å². The van der Waals surface area contributed by atoms with E-state index in [-0.39, 0.29) is 29.6 Å². The number of benzene rings is 3. The molecule has 0 aliphatic rings. The lowest BCUT2D eigenvalue weighted by Crippen LogP contribution is -2.22. The molecule has 0 saturated carbocycles. The Hall–Kier alpha value is -4.11. The maximum atomic E-state index is 13.6. The molecule has 0 radical (unpaired) electrons. The summed E-state index contributed by atoms with van der Waals surface area (Å²) >= 11 is 5.74. The number of hydrogen-bond acceptors (Lipinski definition) is 5. The number of halogens is 4. The summed E-state index contributed by atoms with van der Waals surface area (Å²) in [4.78, 5) is 38.0. The first kappa shape index (κ1) is 28.9. The van der Waals surface area contributed by atoms with E-state index in [1.807, 2.05) is 13.0 Å². The van der Waals surface area contributed by atoms with Crippen molar-refractivity contribution in [3.8, 4) is 11.1 Å². The molecule has 1 N–H and O–H groups in total. The van der Waals surface area contributed by atoms with Crippen LogP contribution in [0.2, 0.25) is 5.02 Å². The van der Waals surface area contributed by atoms with Gasteiger partial charge in [0.05, 0.1) is 29.8 Å². The number of rotatable bonds is 8. The topological polar surface area (TPSA) is 85.6 Å². The van der Waals surface area contributed by atoms with E-state index >= 15 is 0 Å². The Morgan fingerprint density at radius 1 is 1.05 bits per heavy atom. The van der Waals surface area contributed by atoms with E-state index in [4.69, 9.17) is 20.8 Å². The molecule has 10 heteroatoms. The van der Waals surface area contributed by atoms with Gasteiger partial charge in [-0.25, -0.2) is 4.79 Å². The molecule has 4 aromatic rings. The maximum absolute atomic E-state index is 13.6. The highest BCUT2D eigenvalue weighted by atomic mass is 35.5. The molecule has 0 aliphatic heterocycles. The molecule has 0 aliphatic carbocycles. The van der Waals surface area contributed by atoms with E-state index in [2.05, 4.69) is 5.32 Å². The van der Waals surface area contributed by atoms with Crippen molar-refractivity contribution in [1.82, 2.24) is 0 Å². The Kier molecular flexibility index (Phi) is 8.64. The van der Waals surface area contributed by atoms with Gasteiger partial charge in [-0.3, -0.25) is 9.59 Å². The lowest BCUT2D eigenvalue weighted by atomic mass is 9.93. The number of hydrogen-bond donors (Lipinski definition) is 1. The molecule has 3 aromatic carbocycles. The minimum absolute atomic E-state index is 0.0133. The molecule has 1 heterocycles. The number of anilines is 1. The second-order valence-corrected chi connectivity index (χ2v) is 9.60. The highest BCUT2D eigenvalue weighted by Crippen LogP contribution is 2.37. The predicted molar refractivity (Wildman–Crippen MR) is 146 cm³/mol. The van der Waals surface area contributed by atoms with Crippen LogP contribution in [0.3, 0.4) is 0 Å². The van der Waals surface area contributed by atoms with E-state index in [1.165, 1.54) is 6.07 Å². The van der Waals surface area contributed by atoms with Crippen molar-refractivity contribution in [1.29, 1.82) is 0 Å². The summed E-state index contributed by atoms with van der Waals surface area (Å²) in [5.41, 5.74) is 0.591. The van der Waals surface area contributed by atoms with Crippen molar-refractivity contribution in [3.63, 3.8) is 0 Å². The number of fused-ring (bicyclic) bond motifs is 1. The lowest BCUT2D eigenvalue weighted by molar-refractivity contribution is -0.143. The first-order chi connectivity index (χ1) is 19.0. The molecule has 0 spiro atoms. The zero-order valence-electron chi connectivity index (χ0n) is 21.7.